The van der Waals surface area contributed by atoms with Crippen LogP contribution in [-0.4, -0.2) is 57.5 Å². The molecule has 5 N–H and O–H groups in total. The van der Waals surface area contributed by atoms with Crippen molar-refractivity contribution in [1.29, 1.82) is 0 Å². The third-order valence-corrected chi connectivity index (χ3v) is 7.27. The molecular weight excluding hydrogens is 490 g/mol. The Hall–Kier alpha value is -3.72. The van der Waals surface area contributed by atoms with Gasteiger partial charge in [-0.2, -0.15) is 0 Å². The molecule has 1 amide bonds. The summed E-state index contributed by atoms with van der Waals surface area (Å²) < 4.78 is 12.3. The molecular formula is C29H35NO8. The second-order valence-electron chi connectivity index (χ2n) is 10.2. The number of benzene rings is 2. The molecule has 38 heavy (non-hydrogen) atoms. The Morgan fingerprint density at radius 1 is 1.03 bits per heavy atom. The molecule has 0 fully saturated rings. The van der Waals surface area contributed by atoms with Crippen molar-refractivity contribution in [2.75, 3.05) is 19.8 Å². The highest BCUT2D eigenvalue weighted by Gasteiger charge is 2.53. The van der Waals surface area contributed by atoms with Crippen molar-refractivity contribution in [1.82, 2.24) is 5.32 Å². The predicted molar refractivity (Wildman–Crippen MR) is 140 cm³/mol. The van der Waals surface area contributed by atoms with Crippen molar-refractivity contribution in [3.63, 3.8) is 0 Å². The number of carbonyl (C=O) groups is 2. The van der Waals surface area contributed by atoms with Crippen LogP contribution < -0.4 is 10.1 Å². The Morgan fingerprint density at radius 2 is 1.76 bits per heavy atom. The number of fused-ring (bicyclic) bond motifs is 5. The van der Waals surface area contributed by atoms with Crippen LogP contribution in [0.2, 0.25) is 0 Å². The fourth-order valence-electron chi connectivity index (χ4n) is 5.32. The normalized spacial score (nSPS) is 19.1. The molecule has 2 unspecified atom stereocenters. The fraction of sp³-hybridized carbons (Fsp3) is 0.448. The predicted octanol–water partition coefficient (Wildman–Crippen LogP) is 3.95. The highest BCUT2D eigenvalue weighted by molar-refractivity contribution is 5.92. The molecule has 1 heterocycles. The number of ketones is 1. The van der Waals surface area contributed by atoms with Gasteiger partial charge in [-0.15, -0.1) is 0 Å². The Kier molecular flexibility index (Phi) is 8.16. The number of phenols is 4. The molecule has 0 spiro atoms. The Morgan fingerprint density at radius 3 is 2.53 bits per heavy atom. The number of carbonyl (C=O) groups excluding carboxylic acids is 2. The van der Waals surface area contributed by atoms with E-state index in [1.807, 2.05) is 0 Å². The number of amides is 1. The van der Waals surface area contributed by atoms with E-state index in [-0.39, 0.29) is 47.0 Å². The van der Waals surface area contributed by atoms with Gasteiger partial charge in [0.05, 0.1) is 0 Å². The minimum absolute atomic E-state index is 0.0910. The average molecular weight is 526 g/mol. The maximum absolute atomic E-state index is 12.4. The minimum Gasteiger partial charge on any atom is -0.504 e. The molecule has 1 aliphatic heterocycles. The summed E-state index contributed by atoms with van der Waals surface area (Å²) in [5, 5.41) is 43.3. The maximum atomic E-state index is 12.4. The van der Waals surface area contributed by atoms with E-state index in [0.29, 0.717) is 50.0 Å². The first kappa shape index (κ1) is 27.3. The van der Waals surface area contributed by atoms with Crippen LogP contribution in [0.1, 0.15) is 68.1 Å². The molecule has 0 bridgehead atoms. The van der Waals surface area contributed by atoms with E-state index in [4.69, 9.17) is 9.47 Å². The first-order valence-electron chi connectivity index (χ1n) is 12.9. The van der Waals surface area contributed by atoms with Gasteiger partial charge in [-0.1, -0.05) is 19.1 Å². The number of phenolic OH excluding ortho intramolecular Hbond substituents is 4. The van der Waals surface area contributed by atoms with Crippen LogP contribution >= 0.6 is 0 Å². The average Bonchev–Trinajstić information content (AvgIpc) is 3.19. The summed E-state index contributed by atoms with van der Waals surface area (Å²) in [7, 11) is 0. The van der Waals surface area contributed by atoms with Gasteiger partial charge in [0.1, 0.15) is 18.0 Å². The number of hydrogen-bond acceptors (Lipinski definition) is 8. The minimum atomic E-state index is -0.851. The fourth-order valence-corrected chi connectivity index (χ4v) is 5.32. The van der Waals surface area contributed by atoms with Crippen LogP contribution in [0.15, 0.2) is 36.4 Å². The molecule has 9 heteroatoms. The number of aromatic hydroxyl groups is 4. The van der Waals surface area contributed by atoms with E-state index >= 15 is 0 Å². The molecule has 2 atom stereocenters. The molecule has 204 valence electrons. The van der Waals surface area contributed by atoms with Gasteiger partial charge in [-0.3, -0.25) is 9.59 Å². The van der Waals surface area contributed by atoms with Crippen molar-refractivity contribution in [3.8, 4) is 28.7 Å². The third-order valence-electron chi connectivity index (χ3n) is 7.27. The molecule has 0 saturated heterocycles. The lowest BCUT2D eigenvalue weighted by Gasteiger charge is -2.40. The van der Waals surface area contributed by atoms with Gasteiger partial charge < -0.3 is 35.2 Å². The third kappa shape index (κ3) is 5.57. The highest BCUT2D eigenvalue weighted by Crippen LogP contribution is 2.57. The van der Waals surface area contributed by atoms with Crippen LogP contribution in [0, 0.1) is 0 Å². The zero-order valence-corrected chi connectivity index (χ0v) is 21.6. The standard InChI is InChI=1S/C29H35NO8/c1-17(2)28(36)30-11-5-3-4-7-19(31)8-6-12-38-29-15-18-13-23(33)24(34)14-21(18)25(29)20-9-10-22(32)26(35)27(20)37-16-29/h9-10,13-14,25,32-35H,1,3-8,11-12,15-16H2,2H3,(H,30,36). The van der Waals surface area contributed by atoms with Gasteiger partial charge in [0.15, 0.2) is 23.0 Å². The summed E-state index contributed by atoms with van der Waals surface area (Å²) in [6.07, 6.45) is 4.22. The van der Waals surface area contributed by atoms with Crippen molar-refractivity contribution in [2.45, 2.75) is 63.4 Å². The van der Waals surface area contributed by atoms with E-state index < -0.39 is 11.5 Å². The van der Waals surface area contributed by atoms with Crippen LogP contribution in [-0.2, 0) is 20.7 Å². The van der Waals surface area contributed by atoms with Crippen molar-refractivity contribution in [3.05, 3.63) is 53.1 Å². The van der Waals surface area contributed by atoms with Gasteiger partial charge in [0.2, 0.25) is 11.7 Å². The largest absolute Gasteiger partial charge is 0.504 e. The van der Waals surface area contributed by atoms with Crippen molar-refractivity contribution >= 4 is 11.7 Å². The second kappa shape index (κ2) is 11.3. The van der Waals surface area contributed by atoms with Gasteiger partial charge in [0.25, 0.3) is 0 Å². The summed E-state index contributed by atoms with van der Waals surface area (Å²) in [6, 6.07) is 6.08. The smallest absolute Gasteiger partial charge is 0.246 e. The summed E-state index contributed by atoms with van der Waals surface area (Å²) in [6.45, 7) is 6.23. The molecule has 0 radical (unpaired) electrons. The van der Waals surface area contributed by atoms with E-state index in [1.54, 1.807) is 13.0 Å². The lowest BCUT2D eigenvalue weighted by atomic mass is 9.80. The second-order valence-corrected chi connectivity index (χ2v) is 10.2. The first-order chi connectivity index (χ1) is 18.1. The molecule has 0 saturated carbocycles. The lowest BCUT2D eigenvalue weighted by Crippen LogP contribution is -2.46. The Balaban J connectivity index is 1.33. The number of unbranched alkanes of at least 4 members (excludes halogenated alkanes) is 2. The SMILES string of the molecule is C=C(C)C(=O)NCCCCCC(=O)CCCOC12COc3c(ccc(O)c3O)C1c1cc(O)c(O)cc1C2. The number of nitrogens with one attached hydrogen (secondary N) is 1. The van der Waals surface area contributed by atoms with Crippen LogP contribution in [0.5, 0.6) is 28.7 Å². The molecule has 9 nitrogen and oxygen atoms in total. The number of rotatable bonds is 12. The van der Waals surface area contributed by atoms with Gasteiger partial charge >= 0.3 is 0 Å². The molecule has 4 rings (SSSR count). The maximum Gasteiger partial charge on any atom is 0.246 e. The van der Waals surface area contributed by atoms with Gasteiger partial charge in [-0.05, 0) is 55.5 Å². The summed E-state index contributed by atoms with van der Waals surface area (Å²) in [4.78, 5) is 23.8. The van der Waals surface area contributed by atoms with Crippen LogP contribution in [0.25, 0.3) is 0 Å². The summed E-state index contributed by atoms with van der Waals surface area (Å²) in [5.74, 6) is -1.34. The quantitative estimate of drug-likeness (QED) is 0.159. The molecule has 1 aliphatic carbocycles. The zero-order chi connectivity index (χ0) is 27.4. The van der Waals surface area contributed by atoms with Crippen molar-refractivity contribution in [2.24, 2.45) is 0 Å². The molecule has 2 aromatic carbocycles. The highest BCUT2D eigenvalue weighted by atomic mass is 16.6. The first-order valence-corrected chi connectivity index (χ1v) is 12.9. The lowest BCUT2D eigenvalue weighted by molar-refractivity contribution is -0.121. The van der Waals surface area contributed by atoms with Crippen molar-refractivity contribution < 1.29 is 39.5 Å². The summed E-state index contributed by atoms with van der Waals surface area (Å²) in [5.41, 5.74) is 1.80. The van der Waals surface area contributed by atoms with Gasteiger partial charge in [0, 0.05) is 49.5 Å². The van der Waals surface area contributed by atoms with Gasteiger partial charge in [-0.25, -0.2) is 0 Å². The molecule has 2 aliphatic rings. The number of hydrogen-bond donors (Lipinski definition) is 5. The van der Waals surface area contributed by atoms with Crippen LogP contribution in [0.3, 0.4) is 0 Å². The van der Waals surface area contributed by atoms with E-state index in [0.717, 1.165) is 30.4 Å². The van der Waals surface area contributed by atoms with E-state index in [2.05, 4.69) is 11.9 Å². The number of Topliss-reactive ketones (excluding diaryl/α,β-unsaturated/α-hetero) is 1. The molecule has 0 aromatic heterocycles. The molecule has 2 aromatic rings. The van der Waals surface area contributed by atoms with E-state index in [9.17, 15) is 30.0 Å². The zero-order valence-electron chi connectivity index (χ0n) is 21.6. The number of ether oxygens (including phenoxy) is 2. The monoisotopic (exact) mass is 525 g/mol. The Bertz CT molecular complexity index is 1240. The van der Waals surface area contributed by atoms with E-state index in [1.165, 1.54) is 18.2 Å². The Labute approximate surface area is 221 Å². The van der Waals surface area contributed by atoms with Crippen LogP contribution in [0.4, 0.5) is 0 Å². The topological polar surface area (TPSA) is 146 Å². The summed E-state index contributed by atoms with van der Waals surface area (Å²) >= 11 is 0.